The molecule has 4 heteroatoms. The molecule has 1 unspecified atom stereocenters. The van der Waals surface area contributed by atoms with Crippen molar-refractivity contribution in [2.45, 2.75) is 25.7 Å². The van der Waals surface area contributed by atoms with Crippen LogP contribution in [-0.2, 0) is 5.41 Å². The zero-order valence-electron chi connectivity index (χ0n) is 12.2. The topological polar surface area (TPSA) is 104 Å². The van der Waals surface area contributed by atoms with Gasteiger partial charge in [0.05, 0.1) is 0 Å². The highest BCUT2D eigenvalue weighted by Gasteiger charge is 2.33. The molecule has 0 aliphatic heterocycles. The normalized spacial score (nSPS) is 21.9. The first-order chi connectivity index (χ1) is 9.45. The molecule has 1 aliphatic carbocycles. The molecule has 1 aromatic carbocycles. The Morgan fingerprint density at radius 2 is 1.85 bits per heavy atom. The van der Waals surface area contributed by atoms with Gasteiger partial charge >= 0.3 is 0 Å². The summed E-state index contributed by atoms with van der Waals surface area (Å²) < 4.78 is 0. The number of nitrogen functional groups attached to an aromatic ring is 2. The molecule has 4 nitrogen and oxygen atoms in total. The van der Waals surface area contributed by atoms with Crippen molar-refractivity contribution in [1.29, 1.82) is 0 Å². The van der Waals surface area contributed by atoms with Crippen molar-refractivity contribution in [3.05, 3.63) is 46.6 Å². The highest BCUT2D eigenvalue weighted by molar-refractivity contribution is 5.70. The number of nitrogens with two attached hydrogens (primary N) is 4. The Morgan fingerprint density at radius 1 is 1.15 bits per heavy atom. The van der Waals surface area contributed by atoms with Gasteiger partial charge in [-0.3, -0.25) is 0 Å². The first-order valence-corrected chi connectivity index (χ1v) is 6.88. The summed E-state index contributed by atoms with van der Waals surface area (Å²) in [5, 5.41) is 0. The van der Waals surface area contributed by atoms with Crippen molar-refractivity contribution in [1.82, 2.24) is 0 Å². The zero-order valence-corrected chi connectivity index (χ0v) is 12.2. The van der Waals surface area contributed by atoms with Crippen LogP contribution in [0.3, 0.4) is 0 Å². The van der Waals surface area contributed by atoms with E-state index < -0.39 is 0 Å². The molecule has 0 heterocycles. The minimum atomic E-state index is -0.281. The average molecular weight is 272 g/mol. The molecular formula is C16H24N4. The second-order valence-corrected chi connectivity index (χ2v) is 5.62. The summed E-state index contributed by atoms with van der Waals surface area (Å²) >= 11 is 0. The summed E-state index contributed by atoms with van der Waals surface area (Å²) in [5.74, 6) is 0. The quantitative estimate of drug-likeness (QED) is 0.626. The molecule has 2 rings (SSSR count). The Balaban J connectivity index is 2.60. The lowest BCUT2D eigenvalue weighted by atomic mass is 9.71. The third-order valence-corrected chi connectivity index (χ3v) is 4.34. The zero-order chi connectivity index (χ0) is 14.9. The molecule has 20 heavy (non-hydrogen) atoms. The Kier molecular flexibility index (Phi) is 3.88. The summed E-state index contributed by atoms with van der Waals surface area (Å²) in [6.07, 6.45) is 7.02. The molecule has 108 valence electrons. The fourth-order valence-electron chi connectivity index (χ4n) is 2.89. The van der Waals surface area contributed by atoms with Crippen LogP contribution >= 0.6 is 0 Å². The van der Waals surface area contributed by atoms with Crippen LogP contribution in [0, 0.1) is 13.8 Å². The maximum absolute atomic E-state index is 6.31. The summed E-state index contributed by atoms with van der Waals surface area (Å²) in [7, 11) is 0. The van der Waals surface area contributed by atoms with Gasteiger partial charge in [-0.15, -0.1) is 0 Å². The van der Waals surface area contributed by atoms with E-state index in [-0.39, 0.29) is 5.41 Å². The second-order valence-electron chi connectivity index (χ2n) is 5.62. The van der Waals surface area contributed by atoms with Crippen LogP contribution in [-0.4, -0.2) is 13.1 Å². The number of rotatable bonds is 3. The standard InChI is InChI=1S/C16H24N4/c1-10-6-13(15(20)11(2)14(10)19)16(9-18)5-3-4-12(7-16)8-17/h3-6H,7-9,17-20H2,1-2H3. The second kappa shape index (κ2) is 5.31. The fourth-order valence-corrected chi connectivity index (χ4v) is 2.89. The van der Waals surface area contributed by atoms with Crippen LogP contribution in [0.4, 0.5) is 11.4 Å². The molecule has 1 aliphatic rings. The minimum absolute atomic E-state index is 0.281. The van der Waals surface area contributed by atoms with Gasteiger partial charge in [0.1, 0.15) is 0 Å². The molecule has 0 saturated carbocycles. The molecule has 0 aromatic heterocycles. The molecule has 0 spiro atoms. The Bertz CT molecular complexity index is 587. The fraction of sp³-hybridized carbons (Fsp3) is 0.375. The summed E-state index contributed by atoms with van der Waals surface area (Å²) in [6.45, 7) is 4.99. The molecular weight excluding hydrogens is 248 g/mol. The predicted octanol–water partition coefficient (Wildman–Crippen LogP) is 1.51. The highest BCUT2D eigenvalue weighted by Crippen LogP contribution is 2.40. The Hall–Kier alpha value is -1.78. The number of aryl methyl sites for hydroxylation is 1. The van der Waals surface area contributed by atoms with Crippen molar-refractivity contribution in [2.24, 2.45) is 11.5 Å². The molecule has 0 saturated heterocycles. The summed E-state index contributed by atoms with van der Waals surface area (Å²) in [4.78, 5) is 0. The van der Waals surface area contributed by atoms with Crippen LogP contribution in [0.1, 0.15) is 23.1 Å². The molecule has 1 atom stereocenters. The molecule has 0 radical (unpaired) electrons. The third-order valence-electron chi connectivity index (χ3n) is 4.34. The van der Waals surface area contributed by atoms with E-state index in [1.807, 2.05) is 19.9 Å². The van der Waals surface area contributed by atoms with Crippen LogP contribution < -0.4 is 22.9 Å². The molecule has 0 amide bonds. The van der Waals surface area contributed by atoms with Gasteiger partial charge < -0.3 is 22.9 Å². The van der Waals surface area contributed by atoms with Crippen molar-refractivity contribution in [2.75, 3.05) is 24.6 Å². The van der Waals surface area contributed by atoms with Crippen LogP contribution in [0.5, 0.6) is 0 Å². The van der Waals surface area contributed by atoms with E-state index in [1.54, 1.807) is 0 Å². The number of allylic oxidation sites excluding steroid dienone is 2. The van der Waals surface area contributed by atoms with Crippen molar-refractivity contribution in [3.8, 4) is 0 Å². The predicted molar refractivity (Wildman–Crippen MR) is 86.4 cm³/mol. The number of benzene rings is 1. The highest BCUT2D eigenvalue weighted by atomic mass is 14.7. The maximum Gasteiger partial charge on any atom is 0.0406 e. The van der Waals surface area contributed by atoms with E-state index in [9.17, 15) is 0 Å². The van der Waals surface area contributed by atoms with E-state index in [2.05, 4.69) is 18.2 Å². The van der Waals surface area contributed by atoms with Gasteiger partial charge in [0.15, 0.2) is 0 Å². The van der Waals surface area contributed by atoms with Gasteiger partial charge in [-0.1, -0.05) is 29.9 Å². The number of anilines is 2. The first-order valence-electron chi connectivity index (χ1n) is 6.88. The van der Waals surface area contributed by atoms with Gasteiger partial charge in [0, 0.05) is 29.9 Å². The first kappa shape index (κ1) is 14.6. The van der Waals surface area contributed by atoms with Crippen molar-refractivity contribution >= 4 is 11.4 Å². The average Bonchev–Trinajstić information content (AvgIpc) is 2.48. The smallest absolute Gasteiger partial charge is 0.0406 e. The van der Waals surface area contributed by atoms with E-state index in [0.717, 1.165) is 34.5 Å². The maximum atomic E-state index is 6.31. The molecule has 0 fully saturated rings. The van der Waals surface area contributed by atoms with Gasteiger partial charge in [0.25, 0.3) is 0 Å². The largest absolute Gasteiger partial charge is 0.398 e. The molecule has 0 bridgehead atoms. The third kappa shape index (κ3) is 2.21. The SMILES string of the molecule is Cc1cc(C2(CN)C=CC=C(CN)C2)c(N)c(C)c1N. The van der Waals surface area contributed by atoms with Gasteiger partial charge in [-0.05, 0) is 37.0 Å². The van der Waals surface area contributed by atoms with Gasteiger partial charge in [-0.25, -0.2) is 0 Å². The van der Waals surface area contributed by atoms with Crippen molar-refractivity contribution < 1.29 is 0 Å². The number of hydrogen-bond donors (Lipinski definition) is 4. The van der Waals surface area contributed by atoms with E-state index in [1.165, 1.54) is 5.57 Å². The summed E-state index contributed by atoms with van der Waals surface area (Å²) in [5.41, 5.74) is 29.7. The molecule has 8 N–H and O–H groups in total. The number of hydrogen-bond acceptors (Lipinski definition) is 4. The van der Waals surface area contributed by atoms with Crippen LogP contribution in [0.25, 0.3) is 0 Å². The summed E-state index contributed by atoms with van der Waals surface area (Å²) in [6, 6.07) is 2.06. The Labute approximate surface area is 120 Å². The van der Waals surface area contributed by atoms with Crippen LogP contribution in [0.15, 0.2) is 29.9 Å². The lowest BCUT2D eigenvalue weighted by molar-refractivity contribution is 0.532. The van der Waals surface area contributed by atoms with E-state index in [0.29, 0.717) is 13.1 Å². The lowest BCUT2D eigenvalue weighted by Gasteiger charge is -2.35. The van der Waals surface area contributed by atoms with Gasteiger partial charge in [0.2, 0.25) is 0 Å². The van der Waals surface area contributed by atoms with E-state index >= 15 is 0 Å². The lowest BCUT2D eigenvalue weighted by Crippen LogP contribution is -2.36. The van der Waals surface area contributed by atoms with E-state index in [4.69, 9.17) is 22.9 Å². The minimum Gasteiger partial charge on any atom is -0.398 e. The van der Waals surface area contributed by atoms with Crippen molar-refractivity contribution in [3.63, 3.8) is 0 Å². The Morgan fingerprint density at radius 3 is 2.45 bits per heavy atom. The molecule has 1 aromatic rings. The van der Waals surface area contributed by atoms with Crippen LogP contribution in [0.2, 0.25) is 0 Å². The monoisotopic (exact) mass is 272 g/mol. The van der Waals surface area contributed by atoms with Gasteiger partial charge in [-0.2, -0.15) is 0 Å².